The number of ether oxygens (including phenoxy) is 1. The minimum atomic E-state index is 0.351. The minimum absolute atomic E-state index is 0.351. The van der Waals surface area contributed by atoms with Gasteiger partial charge in [-0.25, -0.2) is 4.98 Å². The molecular formula is C13H10N2OS. The van der Waals surface area contributed by atoms with Gasteiger partial charge in [-0.1, -0.05) is 12.1 Å². The van der Waals surface area contributed by atoms with Crippen LogP contribution in [0.2, 0.25) is 0 Å². The lowest BCUT2D eigenvalue weighted by atomic mass is 10.3. The van der Waals surface area contributed by atoms with Crippen molar-refractivity contribution in [1.82, 2.24) is 4.98 Å². The van der Waals surface area contributed by atoms with Crippen molar-refractivity contribution in [2.45, 2.75) is 4.90 Å². The van der Waals surface area contributed by atoms with E-state index in [1.165, 1.54) is 0 Å². The first-order valence-corrected chi connectivity index (χ1v) is 6.23. The molecule has 1 aromatic heterocycles. The molecule has 1 heterocycles. The van der Waals surface area contributed by atoms with Crippen molar-refractivity contribution in [3.63, 3.8) is 0 Å². The van der Waals surface area contributed by atoms with Gasteiger partial charge in [-0.2, -0.15) is 5.26 Å². The third-order valence-corrected chi connectivity index (χ3v) is 2.92. The largest absolute Gasteiger partial charge is 0.456 e. The predicted octanol–water partition coefficient (Wildman–Crippen LogP) is 3.47. The van der Waals surface area contributed by atoms with Crippen LogP contribution < -0.4 is 4.74 Å². The fourth-order valence-corrected chi connectivity index (χ4v) is 1.89. The highest BCUT2D eigenvalue weighted by Gasteiger charge is 2.03. The molecule has 0 saturated heterocycles. The second-order valence-corrected chi connectivity index (χ2v) is 4.09. The lowest BCUT2D eigenvalue weighted by molar-refractivity contribution is 0.470. The molecule has 2 rings (SSSR count). The molecule has 0 radical (unpaired) electrons. The molecule has 17 heavy (non-hydrogen) atoms. The molecule has 0 amide bonds. The highest BCUT2D eigenvalue weighted by molar-refractivity contribution is 7.98. The van der Waals surface area contributed by atoms with Crippen molar-refractivity contribution < 1.29 is 4.74 Å². The highest BCUT2D eigenvalue weighted by atomic mass is 32.2. The van der Waals surface area contributed by atoms with Crippen molar-refractivity contribution >= 4 is 11.8 Å². The second kappa shape index (κ2) is 5.37. The molecule has 0 bridgehead atoms. The summed E-state index contributed by atoms with van der Waals surface area (Å²) in [7, 11) is 0. The zero-order valence-electron chi connectivity index (χ0n) is 9.25. The minimum Gasteiger partial charge on any atom is -0.456 e. The number of benzene rings is 1. The number of aromatic nitrogens is 1. The van der Waals surface area contributed by atoms with Crippen LogP contribution in [0.5, 0.6) is 11.5 Å². The van der Waals surface area contributed by atoms with E-state index in [0.29, 0.717) is 11.4 Å². The molecule has 0 spiro atoms. The van der Waals surface area contributed by atoms with Crippen LogP contribution >= 0.6 is 11.8 Å². The summed E-state index contributed by atoms with van der Waals surface area (Å²) < 4.78 is 5.73. The Labute approximate surface area is 104 Å². The van der Waals surface area contributed by atoms with E-state index in [1.807, 2.05) is 36.6 Å². The lowest BCUT2D eigenvalue weighted by Gasteiger charge is -2.08. The Morgan fingerprint density at radius 3 is 2.88 bits per heavy atom. The van der Waals surface area contributed by atoms with Crippen molar-refractivity contribution in [3.8, 4) is 17.6 Å². The second-order valence-electron chi connectivity index (χ2n) is 3.24. The van der Waals surface area contributed by atoms with Crippen LogP contribution in [0.3, 0.4) is 0 Å². The molecule has 3 nitrogen and oxygen atoms in total. The Kier molecular flexibility index (Phi) is 3.63. The molecule has 0 saturated carbocycles. The molecule has 0 N–H and O–H groups in total. The standard InChI is InChI=1S/C13H10N2OS/c1-17-13-5-3-2-4-12(13)16-11-6-7-15-10(8-11)9-14/h2-8H,1H3. The molecule has 2 aromatic rings. The Morgan fingerprint density at radius 1 is 1.29 bits per heavy atom. The first-order chi connectivity index (χ1) is 8.33. The first kappa shape index (κ1) is 11.5. The number of rotatable bonds is 3. The maximum atomic E-state index is 8.76. The Hall–Kier alpha value is -1.99. The summed E-state index contributed by atoms with van der Waals surface area (Å²) in [5.74, 6) is 1.41. The number of pyridine rings is 1. The molecule has 0 aliphatic rings. The molecule has 1 aromatic carbocycles. The van der Waals surface area contributed by atoms with Gasteiger partial charge in [0.25, 0.3) is 0 Å². The van der Waals surface area contributed by atoms with E-state index in [-0.39, 0.29) is 0 Å². The topological polar surface area (TPSA) is 45.9 Å². The summed E-state index contributed by atoms with van der Waals surface area (Å²) in [6, 6.07) is 13.1. The van der Waals surface area contributed by atoms with Crippen LogP contribution in [0.4, 0.5) is 0 Å². The smallest absolute Gasteiger partial charge is 0.144 e. The van der Waals surface area contributed by atoms with Crippen LogP contribution in [0.1, 0.15) is 5.69 Å². The zero-order valence-corrected chi connectivity index (χ0v) is 10.1. The van der Waals surface area contributed by atoms with Crippen molar-refractivity contribution in [1.29, 1.82) is 5.26 Å². The molecular weight excluding hydrogens is 232 g/mol. The van der Waals surface area contributed by atoms with Crippen LogP contribution in [-0.2, 0) is 0 Å². The summed E-state index contributed by atoms with van der Waals surface area (Å²) in [6.07, 6.45) is 3.56. The van der Waals surface area contributed by atoms with Crippen molar-refractivity contribution in [3.05, 3.63) is 48.3 Å². The van der Waals surface area contributed by atoms with E-state index < -0.39 is 0 Å². The van der Waals surface area contributed by atoms with Gasteiger partial charge in [0.15, 0.2) is 0 Å². The summed E-state index contributed by atoms with van der Waals surface area (Å²) in [6.45, 7) is 0. The van der Waals surface area contributed by atoms with E-state index in [0.717, 1.165) is 10.6 Å². The third-order valence-electron chi connectivity index (χ3n) is 2.14. The van der Waals surface area contributed by atoms with Crippen LogP contribution in [-0.4, -0.2) is 11.2 Å². The number of thioether (sulfide) groups is 1. The highest BCUT2D eigenvalue weighted by Crippen LogP contribution is 2.30. The van der Waals surface area contributed by atoms with E-state index in [1.54, 1.807) is 30.1 Å². The maximum absolute atomic E-state index is 8.76. The SMILES string of the molecule is CSc1ccccc1Oc1ccnc(C#N)c1. The van der Waals surface area contributed by atoms with E-state index in [9.17, 15) is 0 Å². The fourth-order valence-electron chi connectivity index (χ4n) is 1.37. The molecule has 4 heteroatoms. The zero-order chi connectivity index (χ0) is 12.1. The monoisotopic (exact) mass is 242 g/mol. The predicted molar refractivity (Wildman–Crippen MR) is 67.2 cm³/mol. The van der Waals surface area contributed by atoms with E-state index >= 15 is 0 Å². The molecule has 0 aliphatic carbocycles. The van der Waals surface area contributed by atoms with Gasteiger partial charge in [-0.05, 0) is 24.5 Å². The molecule has 0 aliphatic heterocycles. The van der Waals surface area contributed by atoms with E-state index in [4.69, 9.17) is 10.00 Å². The summed E-state index contributed by atoms with van der Waals surface area (Å²) in [5, 5.41) is 8.76. The molecule has 0 atom stereocenters. The number of nitrogens with zero attached hydrogens (tertiary/aromatic N) is 2. The Morgan fingerprint density at radius 2 is 2.12 bits per heavy atom. The van der Waals surface area contributed by atoms with Gasteiger partial charge in [0, 0.05) is 17.2 Å². The van der Waals surface area contributed by atoms with Crippen LogP contribution in [0.25, 0.3) is 0 Å². The fraction of sp³-hybridized carbons (Fsp3) is 0.0769. The van der Waals surface area contributed by atoms with Crippen LogP contribution in [0, 0.1) is 11.3 Å². The first-order valence-electron chi connectivity index (χ1n) is 5.00. The van der Waals surface area contributed by atoms with Gasteiger partial charge in [0.1, 0.15) is 23.3 Å². The Balaban J connectivity index is 2.28. The number of nitriles is 1. The van der Waals surface area contributed by atoms with E-state index in [2.05, 4.69) is 4.98 Å². The van der Waals surface area contributed by atoms with Crippen molar-refractivity contribution in [2.24, 2.45) is 0 Å². The van der Waals surface area contributed by atoms with Gasteiger partial charge in [0.2, 0.25) is 0 Å². The normalized spacial score (nSPS) is 9.65. The lowest BCUT2D eigenvalue weighted by Crippen LogP contribution is -1.88. The third kappa shape index (κ3) is 2.77. The molecule has 0 fully saturated rings. The van der Waals surface area contributed by atoms with Gasteiger partial charge in [-0.15, -0.1) is 11.8 Å². The molecule has 84 valence electrons. The molecule has 0 unspecified atom stereocenters. The van der Waals surface area contributed by atoms with Gasteiger partial charge in [0.05, 0.1) is 0 Å². The Bertz CT molecular complexity index is 563. The summed E-state index contributed by atoms with van der Waals surface area (Å²) >= 11 is 1.62. The average Bonchev–Trinajstić information content (AvgIpc) is 2.39. The van der Waals surface area contributed by atoms with Gasteiger partial charge in [-0.3, -0.25) is 0 Å². The van der Waals surface area contributed by atoms with Crippen molar-refractivity contribution in [2.75, 3.05) is 6.26 Å². The maximum Gasteiger partial charge on any atom is 0.144 e. The number of para-hydroxylation sites is 1. The number of hydrogen-bond donors (Lipinski definition) is 0. The van der Waals surface area contributed by atoms with Gasteiger partial charge >= 0.3 is 0 Å². The summed E-state index contributed by atoms with van der Waals surface area (Å²) in [5.41, 5.74) is 0.351. The quantitative estimate of drug-likeness (QED) is 0.773. The average molecular weight is 242 g/mol. The number of hydrogen-bond acceptors (Lipinski definition) is 4. The van der Waals surface area contributed by atoms with Gasteiger partial charge < -0.3 is 4.74 Å². The van der Waals surface area contributed by atoms with Crippen LogP contribution in [0.15, 0.2) is 47.5 Å². The summed E-state index contributed by atoms with van der Waals surface area (Å²) in [4.78, 5) is 4.95.